The van der Waals surface area contributed by atoms with Gasteiger partial charge in [-0.3, -0.25) is 0 Å². The molecule has 1 rings (SSSR count). The molecule has 0 radical (unpaired) electrons. The van der Waals surface area contributed by atoms with Gasteiger partial charge in [0.25, 0.3) is 0 Å². The highest BCUT2D eigenvalue weighted by Gasteiger charge is 2.08. The number of hydrogen-bond acceptors (Lipinski definition) is 5. The lowest BCUT2D eigenvalue weighted by atomic mass is 10.5. The zero-order valence-electron chi connectivity index (χ0n) is 8.57. The highest BCUT2D eigenvalue weighted by molar-refractivity contribution is 9.10. The van der Waals surface area contributed by atoms with Crippen molar-refractivity contribution in [2.45, 2.75) is 6.92 Å². The summed E-state index contributed by atoms with van der Waals surface area (Å²) in [7, 11) is -2.97. The Balaban J connectivity index is 2.59. The molecule has 1 N–H and O–H groups in total. The predicted octanol–water partition coefficient (Wildman–Crippen LogP) is 1.74. The van der Waals surface area contributed by atoms with Crippen LogP contribution < -0.4 is 5.32 Å². The SMILES string of the molecule is CCS(=O)(=O)CCNc1nc(Cl)ncc1Br. The smallest absolute Gasteiger partial charge is 0.224 e. The topological polar surface area (TPSA) is 72.0 Å². The van der Waals surface area contributed by atoms with E-state index in [1.54, 1.807) is 6.92 Å². The van der Waals surface area contributed by atoms with Gasteiger partial charge in [0.15, 0.2) is 9.84 Å². The van der Waals surface area contributed by atoms with Crippen molar-refractivity contribution in [1.29, 1.82) is 0 Å². The van der Waals surface area contributed by atoms with Crippen LogP contribution in [0.25, 0.3) is 0 Å². The van der Waals surface area contributed by atoms with Crippen LogP contribution in [0.1, 0.15) is 6.92 Å². The first-order valence-electron chi connectivity index (χ1n) is 4.57. The number of hydrogen-bond donors (Lipinski definition) is 1. The van der Waals surface area contributed by atoms with Crippen LogP contribution in [-0.2, 0) is 9.84 Å². The Hall–Kier alpha value is -0.400. The van der Waals surface area contributed by atoms with Crippen LogP contribution in [0.2, 0.25) is 5.28 Å². The highest BCUT2D eigenvalue weighted by atomic mass is 79.9. The molecule has 0 saturated carbocycles. The first-order valence-corrected chi connectivity index (χ1v) is 7.56. The molecule has 0 atom stereocenters. The molecule has 0 spiro atoms. The van der Waals surface area contributed by atoms with Crippen LogP contribution in [0.4, 0.5) is 5.82 Å². The lowest BCUT2D eigenvalue weighted by Crippen LogP contribution is -2.17. The van der Waals surface area contributed by atoms with Crippen molar-refractivity contribution in [2.75, 3.05) is 23.4 Å². The molecule has 0 aromatic carbocycles. The van der Waals surface area contributed by atoms with Crippen LogP contribution in [0.3, 0.4) is 0 Å². The van der Waals surface area contributed by atoms with Gasteiger partial charge in [-0.1, -0.05) is 6.92 Å². The van der Waals surface area contributed by atoms with Crippen LogP contribution >= 0.6 is 27.5 Å². The van der Waals surface area contributed by atoms with E-state index in [9.17, 15) is 8.42 Å². The van der Waals surface area contributed by atoms with Crippen LogP contribution in [-0.4, -0.2) is 36.4 Å². The second-order valence-electron chi connectivity index (χ2n) is 3.00. The van der Waals surface area contributed by atoms with Crippen molar-refractivity contribution < 1.29 is 8.42 Å². The van der Waals surface area contributed by atoms with E-state index in [1.807, 2.05) is 0 Å². The number of aromatic nitrogens is 2. The molecule has 0 aliphatic rings. The summed E-state index contributed by atoms with van der Waals surface area (Å²) < 4.78 is 23.1. The average molecular weight is 329 g/mol. The Morgan fingerprint density at radius 2 is 2.25 bits per heavy atom. The van der Waals surface area contributed by atoms with Gasteiger partial charge in [0.05, 0.1) is 10.2 Å². The molecule has 1 aromatic rings. The summed E-state index contributed by atoms with van der Waals surface area (Å²) in [5.74, 6) is 0.698. The zero-order valence-corrected chi connectivity index (χ0v) is 11.7. The molecule has 0 saturated heterocycles. The van der Waals surface area contributed by atoms with E-state index >= 15 is 0 Å². The fraction of sp³-hybridized carbons (Fsp3) is 0.500. The van der Waals surface area contributed by atoms with E-state index in [2.05, 4.69) is 31.2 Å². The number of nitrogens with zero attached hydrogens (tertiary/aromatic N) is 2. The van der Waals surface area contributed by atoms with Crippen LogP contribution in [0.5, 0.6) is 0 Å². The highest BCUT2D eigenvalue weighted by Crippen LogP contribution is 2.19. The second kappa shape index (κ2) is 5.79. The molecule has 8 heteroatoms. The molecule has 0 bridgehead atoms. The van der Waals surface area contributed by atoms with Gasteiger partial charge >= 0.3 is 0 Å². The Bertz CT molecular complexity index is 466. The van der Waals surface area contributed by atoms with E-state index in [4.69, 9.17) is 11.6 Å². The summed E-state index contributed by atoms with van der Waals surface area (Å²) in [5.41, 5.74) is 0. The van der Waals surface area contributed by atoms with Gasteiger partial charge in [0.2, 0.25) is 5.28 Å². The normalized spacial score (nSPS) is 11.4. The average Bonchev–Trinajstić information content (AvgIpc) is 2.23. The minimum atomic E-state index is -2.97. The second-order valence-corrected chi connectivity index (χ2v) is 6.66. The summed E-state index contributed by atoms with van der Waals surface area (Å²) in [6, 6.07) is 0. The standard InChI is InChI=1S/C8H11BrClN3O2S/c1-2-16(14,15)4-3-11-7-6(9)5-12-8(10)13-7/h5H,2-4H2,1H3,(H,11,12,13). The summed E-state index contributed by atoms with van der Waals surface area (Å²) in [6.45, 7) is 1.91. The number of rotatable bonds is 5. The summed E-state index contributed by atoms with van der Waals surface area (Å²) >= 11 is 8.84. The number of sulfone groups is 1. The van der Waals surface area contributed by atoms with Gasteiger partial charge in [-0.05, 0) is 27.5 Å². The van der Waals surface area contributed by atoms with Gasteiger partial charge in [-0.25, -0.2) is 13.4 Å². The Kier molecular flexibility index (Phi) is 4.94. The van der Waals surface area contributed by atoms with Crippen molar-refractivity contribution >= 4 is 43.2 Å². The molecule has 0 fully saturated rings. The third kappa shape index (κ3) is 4.23. The van der Waals surface area contributed by atoms with Crippen LogP contribution in [0.15, 0.2) is 10.7 Å². The summed E-state index contributed by atoms with van der Waals surface area (Å²) in [5, 5.41) is 3.00. The molecule has 0 aliphatic heterocycles. The maximum atomic E-state index is 11.2. The number of anilines is 1. The molecule has 5 nitrogen and oxygen atoms in total. The Morgan fingerprint density at radius 3 is 2.88 bits per heavy atom. The molecule has 0 unspecified atom stereocenters. The fourth-order valence-electron chi connectivity index (χ4n) is 0.939. The predicted molar refractivity (Wildman–Crippen MR) is 67.6 cm³/mol. The van der Waals surface area contributed by atoms with Gasteiger partial charge in [-0.15, -0.1) is 0 Å². The van der Waals surface area contributed by atoms with E-state index in [1.165, 1.54) is 6.20 Å². The fourth-order valence-corrected chi connectivity index (χ4v) is 2.11. The van der Waals surface area contributed by atoms with Crippen molar-refractivity contribution in [3.8, 4) is 0 Å². The first-order chi connectivity index (χ1) is 7.44. The molecule has 1 heterocycles. The summed E-state index contributed by atoms with van der Waals surface area (Å²) in [4.78, 5) is 7.68. The maximum Gasteiger partial charge on any atom is 0.224 e. The van der Waals surface area contributed by atoms with E-state index in [-0.39, 0.29) is 16.8 Å². The first kappa shape index (κ1) is 13.7. The van der Waals surface area contributed by atoms with Crippen molar-refractivity contribution in [3.05, 3.63) is 16.0 Å². The Labute approximate surface area is 108 Å². The van der Waals surface area contributed by atoms with Crippen LogP contribution in [0, 0.1) is 0 Å². The molecule has 16 heavy (non-hydrogen) atoms. The quantitative estimate of drug-likeness (QED) is 0.834. The number of nitrogens with one attached hydrogen (secondary N) is 1. The van der Waals surface area contributed by atoms with Gasteiger partial charge in [0, 0.05) is 18.5 Å². The van der Waals surface area contributed by atoms with E-state index < -0.39 is 9.84 Å². The third-order valence-electron chi connectivity index (χ3n) is 1.86. The van der Waals surface area contributed by atoms with E-state index in [0.717, 1.165) is 0 Å². The van der Waals surface area contributed by atoms with Gasteiger partial charge in [0.1, 0.15) is 5.82 Å². The van der Waals surface area contributed by atoms with Gasteiger partial charge in [-0.2, -0.15) is 4.98 Å². The molecule has 90 valence electrons. The molecule has 1 aromatic heterocycles. The lowest BCUT2D eigenvalue weighted by molar-refractivity contribution is 0.597. The third-order valence-corrected chi connectivity index (χ3v) is 4.33. The minimum Gasteiger partial charge on any atom is -0.368 e. The zero-order chi connectivity index (χ0) is 12.2. The maximum absolute atomic E-state index is 11.2. The van der Waals surface area contributed by atoms with Crippen molar-refractivity contribution in [1.82, 2.24) is 9.97 Å². The van der Waals surface area contributed by atoms with Crippen molar-refractivity contribution in [2.24, 2.45) is 0 Å². The molecular formula is C8H11BrClN3O2S. The van der Waals surface area contributed by atoms with E-state index in [0.29, 0.717) is 16.8 Å². The number of halogens is 2. The molecule has 0 amide bonds. The molecular weight excluding hydrogens is 318 g/mol. The van der Waals surface area contributed by atoms with Crippen molar-refractivity contribution in [3.63, 3.8) is 0 Å². The molecule has 0 aliphatic carbocycles. The van der Waals surface area contributed by atoms with Gasteiger partial charge < -0.3 is 5.32 Å². The largest absolute Gasteiger partial charge is 0.368 e. The Morgan fingerprint density at radius 1 is 1.56 bits per heavy atom. The summed E-state index contributed by atoms with van der Waals surface area (Å²) in [6.07, 6.45) is 1.51. The lowest BCUT2D eigenvalue weighted by Gasteiger charge is -2.07. The monoisotopic (exact) mass is 327 g/mol. The minimum absolute atomic E-state index is 0.0670.